The van der Waals surface area contributed by atoms with Gasteiger partial charge < -0.3 is 9.47 Å². The van der Waals surface area contributed by atoms with Crippen molar-refractivity contribution in [3.8, 4) is 50.2 Å². The molecule has 2 nitrogen and oxygen atoms in total. The highest BCUT2D eigenvalue weighted by molar-refractivity contribution is 6.22. The van der Waals surface area contributed by atoms with Gasteiger partial charge in [0, 0.05) is 38.9 Å². The average molecular weight is 815 g/mol. The molecule has 12 rings (SSSR count). The van der Waals surface area contributed by atoms with Crippen molar-refractivity contribution in [2.75, 3.05) is 4.90 Å². The molecule has 0 unspecified atom stereocenters. The van der Waals surface area contributed by atoms with Crippen molar-refractivity contribution in [1.29, 1.82) is 0 Å². The zero-order chi connectivity index (χ0) is 42.4. The number of fused-ring (bicyclic) bond motifs is 6. The van der Waals surface area contributed by atoms with E-state index in [0.29, 0.717) is 0 Å². The van der Waals surface area contributed by atoms with Gasteiger partial charge in [-0.1, -0.05) is 188 Å². The molecule has 0 saturated carbocycles. The van der Waals surface area contributed by atoms with Crippen LogP contribution in [0.3, 0.4) is 0 Å². The van der Waals surface area contributed by atoms with E-state index in [1.54, 1.807) is 0 Å². The van der Waals surface area contributed by atoms with Crippen LogP contribution in [-0.2, 0) is 0 Å². The third-order valence-corrected chi connectivity index (χ3v) is 12.7. The number of rotatable bonds is 8. The Balaban J connectivity index is 0.997. The Morgan fingerprint density at radius 3 is 1.55 bits per heavy atom. The molecule has 1 heterocycles. The predicted molar refractivity (Wildman–Crippen MR) is 272 cm³/mol. The van der Waals surface area contributed by atoms with Gasteiger partial charge in [-0.15, -0.1) is 0 Å². The SMILES string of the molecule is c1ccc(-c2cccc(-c3ccc(N(c4ccc(-c5ccc6ccccc6c5)cc4)c4cccc(-c5cccc6c5c5ccc7ccccc7c5n6-c5ccccc5)c4)cc3)c2)cc1. The number of hydrogen-bond donors (Lipinski definition) is 0. The maximum Gasteiger partial charge on any atom is 0.0619 e. The van der Waals surface area contributed by atoms with Crippen LogP contribution in [0.2, 0.25) is 0 Å². The lowest BCUT2D eigenvalue weighted by Gasteiger charge is -2.26. The third kappa shape index (κ3) is 6.61. The minimum absolute atomic E-state index is 1.09. The Morgan fingerprint density at radius 2 is 0.812 bits per heavy atom. The van der Waals surface area contributed by atoms with Crippen molar-refractivity contribution in [3.05, 3.63) is 255 Å². The lowest BCUT2D eigenvalue weighted by atomic mass is 9.97. The van der Waals surface area contributed by atoms with Gasteiger partial charge in [0.2, 0.25) is 0 Å². The molecule has 0 aliphatic heterocycles. The number of nitrogens with zero attached hydrogens (tertiary/aromatic N) is 2. The Bertz CT molecular complexity index is 3640. The average Bonchev–Trinajstić information content (AvgIpc) is 3.73. The monoisotopic (exact) mass is 814 g/mol. The van der Waals surface area contributed by atoms with Crippen LogP contribution in [0.25, 0.3) is 93.5 Å². The van der Waals surface area contributed by atoms with Gasteiger partial charge in [-0.2, -0.15) is 0 Å². The number of aromatic nitrogens is 1. The second-order valence-corrected chi connectivity index (χ2v) is 16.5. The van der Waals surface area contributed by atoms with E-state index in [2.05, 4.69) is 264 Å². The molecule has 11 aromatic carbocycles. The first-order valence-corrected chi connectivity index (χ1v) is 22.0. The molecule has 12 aromatic rings. The van der Waals surface area contributed by atoms with Gasteiger partial charge in [0.1, 0.15) is 0 Å². The fourth-order valence-corrected chi connectivity index (χ4v) is 9.66. The summed E-state index contributed by atoms with van der Waals surface area (Å²) in [7, 11) is 0. The van der Waals surface area contributed by atoms with Crippen LogP contribution in [0.1, 0.15) is 0 Å². The van der Waals surface area contributed by atoms with E-state index in [0.717, 1.165) is 28.3 Å². The van der Waals surface area contributed by atoms with E-state index in [9.17, 15) is 0 Å². The summed E-state index contributed by atoms with van der Waals surface area (Å²) in [6, 6.07) is 92.7. The van der Waals surface area contributed by atoms with Crippen molar-refractivity contribution in [2.24, 2.45) is 0 Å². The molecule has 0 atom stereocenters. The van der Waals surface area contributed by atoms with E-state index in [4.69, 9.17) is 0 Å². The summed E-state index contributed by atoms with van der Waals surface area (Å²) < 4.78 is 2.45. The normalized spacial score (nSPS) is 11.4. The van der Waals surface area contributed by atoms with E-state index in [-0.39, 0.29) is 0 Å². The van der Waals surface area contributed by atoms with Crippen LogP contribution < -0.4 is 4.90 Å². The van der Waals surface area contributed by atoms with Crippen molar-refractivity contribution >= 4 is 60.4 Å². The van der Waals surface area contributed by atoms with Gasteiger partial charge in [-0.05, 0) is 127 Å². The second-order valence-electron chi connectivity index (χ2n) is 16.5. The minimum Gasteiger partial charge on any atom is -0.310 e. The highest BCUT2D eigenvalue weighted by atomic mass is 15.1. The minimum atomic E-state index is 1.09. The van der Waals surface area contributed by atoms with Crippen LogP contribution in [0.15, 0.2) is 255 Å². The fourth-order valence-electron chi connectivity index (χ4n) is 9.66. The second kappa shape index (κ2) is 15.8. The number of hydrogen-bond acceptors (Lipinski definition) is 1. The quantitative estimate of drug-likeness (QED) is 0.148. The van der Waals surface area contributed by atoms with Gasteiger partial charge in [0.25, 0.3) is 0 Å². The largest absolute Gasteiger partial charge is 0.310 e. The van der Waals surface area contributed by atoms with Crippen molar-refractivity contribution in [1.82, 2.24) is 4.57 Å². The highest BCUT2D eigenvalue weighted by Crippen LogP contribution is 2.44. The summed E-state index contributed by atoms with van der Waals surface area (Å²) in [6.07, 6.45) is 0. The fraction of sp³-hybridized carbons (Fsp3) is 0. The predicted octanol–water partition coefficient (Wildman–Crippen LogP) is 17.2. The maximum absolute atomic E-state index is 2.45. The zero-order valence-corrected chi connectivity index (χ0v) is 35.1. The molecule has 0 N–H and O–H groups in total. The number of anilines is 3. The van der Waals surface area contributed by atoms with Crippen LogP contribution in [0.5, 0.6) is 0 Å². The van der Waals surface area contributed by atoms with E-state index in [1.807, 2.05) is 0 Å². The molecule has 0 bridgehead atoms. The van der Waals surface area contributed by atoms with Gasteiger partial charge in [0.05, 0.1) is 11.0 Å². The summed E-state index contributed by atoms with van der Waals surface area (Å²) in [6.45, 7) is 0. The Morgan fingerprint density at radius 1 is 0.281 bits per heavy atom. The molecule has 1 aromatic heterocycles. The summed E-state index contributed by atoms with van der Waals surface area (Å²) in [5.74, 6) is 0. The molecule has 0 aliphatic carbocycles. The summed E-state index contributed by atoms with van der Waals surface area (Å²) in [5, 5.41) is 7.46. The summed E-state index contributed by atoms with van der Waals surface area (Å²) in [5.41, 5.74) is 16.4. The first-order chi connectivity index (χ1) is 31.7. The lowest BCUT2D eigenvalue weighted by Crippen LogP contribution is -2.10. The third-order valence-electron chi connectivity index (χ3n) is 12.7. The number of para-hydroxylation sites is 1. The van der Waals surface area contributed by atoms with E-state index in [1.165, 1.54) is 82.3 Å². The molecule has 0 spiro atoms. The maximum atomic E-state index is 2.45. The molecule has 0 aliphatic rings. The van der Waals surface area contributed by atoms with Gasteiger partial charge in [-0.25, -0.2) is 0 Å². The first kappa shape index (κ1) is 37.3. The van der Waals surface area contributed by atoms with Gasteiger partial charge in [0.15, 0.2) is 0 Å². The summed E-state index contributed by atoms with van der Waals surface area (Å²) in [4.78, 5) is 2.39. The smallest absolute Gasteiger partial charge is 0.0619 e. The molecule has 0 amide bonds. The molecule has 0 saturated heterocycles. The van der Waals surface area contributed by atoms with Crippen LogP contribution in [0, 0.1) is 0 Å². The first-order valence-electron chi connectivity index (χ1n) is 22.0. The topological polar surface area (TPSA) is 8.17 Å². The lowest BCUT2D eigenvalue weighted by molar-refractivity contribution is 1.19. The highest BCUT2D eigenvalue weighted by Gasteiger charge is 2.20. The van der Waals surface area contributed by atoms with Crippen molar-refractivity contribution in [3.63, 3.8) is 0 Å². The summed E-state index contributed by atoms with van der Waals surface area (Å²) >= 11 is 0. The number of benzene rings is 11. The van der Waals surface area contributed by atoms with Crippen LogP contribution in [-0.4, -0.2) is 4.57 Å². The zero-order valence-electron chi connectivity index (χ0n) is 35.1. The molecule has 64 heavy (non-hydrogen) atoms. The molecule has 0 radical (unpaired) electrons. The molecule has 2 heteroatoms. The molecule has 0 fully saturated rings. The van der Waals surface area contributed by atoms with Gasteiger partial charge >= 0.3 is 0 Å². The van der Waals surface area contributed by atoms with Crippen molar-refractivity contribution in [2.45, 2.75) is 0 Å². The standard InChI is InChI=1S/C62H42N2/c1-3-14-43(15-4-1)49-19-11-20-50(40-49)45-30-35-54(36-31-45)63(55-37-32-46(33-38-55)51-29-28-44-16-7-8-18-48(44)41-51)56-24-12-21-52(42-56)57-26-13-27-60-61(57)59-39-34-47-17-9-10-25-58(47)62(59)64(60)53-22-5-2-6-23-53/h1-42H. The Kier molecular flexibility index (Phi) is 9.20. The Labute approximate surface area is 373 Å². The molecule has 300 valence electrons. The molecular formula is C62H42N2. The van der Waals surface area contributed by atoms with Crippen molar-refractivity contribution < 1.29 is 0 Å². The van der Waals surface area contributed by atoms with Gasteiger partial charge in [-0.3, -0.25) is 0 Å². The van der Waals surface area contributed by atoms with Crippen LogP contribution >= 0.6 is 0 Å². The Hall–Kier alpha value is -8.46. The van der Waals surface area contributed by atoms with Crippen LogP contribution in [0.4, 0.5) is 17.1 Å². The molecular weight excluding hydrogens is 773 g/mol. The van der Waals surface area contributed by atoms with E-state index >= 15 is 0 Å². The van der Waals surface area contributed by atoms with E-state index < -0.39 is 0 Å².